The minimum atomic E-state index is -3.50. The first-order valence-corrected chi connectivity index (χ1v) is 23.3. The van der Waals surface area contributed by atoms with Gasteiger partial charge >= 0.3 is 0 Å². The van der Waals surface area contributed by atoms with E-state index in [1.54, 1.807) is 81.2 Å². The van der Waals surface area contributed by atoms with Gasteiger partial charge in [0, 0.05) is 46.7 Å². The monoisotopic (exact) mass is 862 g/mol. The summed E-state index contributed by atoms with van der Waals surface area (Å²) >= 11 is 0. The SMILES string of the molecule is C=S(=O)(NC(C)C)c1ccc(-n2cncn2)cc1.CC(C)NS(=O)(=O)c1ccc(-c2ccnc(F)c2)cc1.Cc1cc(-c2ccc(S(=O)(=O)NC(C)C)cc2)cc(C)n1. The summed E-state index contributed by atoms with van der Waals surface area (Å²) in [5.41, 5.74) is 6.17. The summed E-state index contributed by atoms with van der Waals surface area (Å²) in [5, 5.41) is 4.03. The van der Waals surface area contributed by atoms with Gasteiger partial charge in [-0.05, 0) is 150 Å². The molecule has 1 unspecified atom stereocenters. The molecule has 1 atom stereocenters. The molecule has 3 N–H and O–H groups in total. The van der Waals surface area contributed by atoms with Crippen molar-refractivity contribution >= 4 is 35.6 Å². The van der Waals surface area contributed by atoms with Crippen LogP contribution in [-0.2, 0) is 29.8 Å². The number of nitrogens with zero attached hydrogens (tertiary/aromatic N) is 5. The predicted octanol–water partition coefficient (Wildman–Crippen LogP) is 6.88. The lowest BCUT2D eigenvalue weighted by atomic mass is 10.1. The van der Waals surface area contributed by atoms with Gasteiger partial charge in [0.15, 0.2) is 0 Å². The number of aryl methyl sites for hydroxylation is 2. The molecule has 0 bridgehead atoms. The van der Waals surface area contributed by atoms with Gasteiger partial charge in [-0.1, -0.05) is 24.3 Å². The molecule has 3 heterocycles. The summed E-state index contributed by atoms with van der Waals surface area (Å²) in [6.07, 6.45) is 4.46. The van der Waals surface area contributed by atoms with Gasteiger partial charge in [0.1, 0.15) is 12.7 Å². The highest BCUT2D eigenvalue weighted by Crippen LogP contribution is 2.24. The molecule has 314 valence electrons. The van der Waals surface area contributed by atoms with Crippen molar-refractivity contribution in [3.05, 3.63) is 133 Å². The molecule has 59 heavy (non-hydrogen) atoms. The first-order valence-electron chi connectivity index (χ1n) is 18.6. The van der Waals surface area contributed by atoms with Crippen LogP contribution in [0.15, 0.2) is 131 Å². The molecule has 3 aromatic heterocycles. The maximum Gasteiger partial charge on any atom is 0.240 e. The maximum absolute atomic E-state index is 13.0. The Bertz CT molecular complexity index is 2600. The number of nitrogens with one attached hydrogen (secondary N) is 3. The molecule has 6 rings (SSSR count). The first-order chi connectivity index (χ1) is 27.6. The Morgan fingerprint density at radius 2 is 1.05 bits per heavy atom. The zero-order valence-corrected chi connectivity index (χ0v) is 36.7. The second-order valence-electron chi connectivity index (χ2n) is 14.4. The minimum absolute atomic E-state index is 0.116. The fourth-order valence-corrected chi connectivity index (χ4v) is 9.58. The van der Waals surface area contributed by atoms with Gasteiger partial charge in [-0.3, -0.25) is 4.98 Å². The molecule has 0 saturated heterocycles. The van der Waals surface area contributed by atoms with Crippen LogP contribution < -0.4 is 14.2 Å². The Morgan fingerprint density at radius 1 is 0.593 bits per heavy atom. The number of rotatable bonds is 12. The second-order valence-corrected chi connectivity index (χ2v) is 19.9. The molecule has 13 nitrogen and oxygen atoms in total. The van der Waals surface area contributed by atoms with Crippen molar-refractivity contribution in [1.29, 1.82) is 0 Å². The van der Waals surface area contributed by atoms with Crippen LogP contribution in [0.3, 0.4) is 0 Å². The van der Waals surface area contributed by atoms with E-state index in [9.17, 15) is 25.4 Å². The van der Waals surface area contributed by atoms with Crippen molar-refractivity contribution in [3.63, 3.8) is 0 Å². The van der Waals surface area contributed by atoms with E-state index < -0.39 is 35.7 Å². The molecule has 0 saturated carbocycles. The van der Waals surface area contributed by atoms with E-state index in [1.165, 1.54) is 30.7 Å². The van der Waals surface area contributed by atoms with Crippen LogP contribution in [0.25, 0.3) is 27.9 Å². The van der Waals surface area contributed by atoms with Gasteiger partial charge in [-0.25, -0.2) is 49.9 Å². The van der Waals surface area contributed by atoms with Crippen molar-refractivity contribution in [1.82, 2.24) is 38.9 Å². The first kappa shape index (κ1) is 46.5. The van der Waals surface area contributed by atoms with Gasteiger partial charge in [0.25, 0.3) is 0 Å². The Kier molecular flexibility index (Phi) is 15.9. The smallest absolute Gasteiger partial charge is 0.240 e. The number of benzene rings is 3. The topological polar surface area (TPSA) is 178 Å². The van der Waals surface area contributed by atoms with Gasteiger partial charge in [0.05, 0.1) is 25.2 Å². The number of halogens is 1. The fourth-order valence-electron chi connectivity index (χ4n) is 5.60. The molecule has 0 fully saturated rings. The number of pyridine rings is 2. The van der Waals surface area contributed by atoms with Crippen molar-refractivity contribution < 1.29 is 25.4 Å². The van der Waals surface area contributed by atoms with E-state index in [0.717, 1.165) is 33.8 Å². The van der Waals surface area contributed by atoms with E-state index in [4.69, 9.17) is 0 Å². The molecular formula is C42H51FN8O5S3. The zero-order chi connectivity index (χ0) is 43.5. The molecule has 17 heteroatoms. The van der Waals surface area contributed by atoms with E-state index in [-0.39, 0.29) is 27.9 Å². The highest BCUT2D eigenvalue weighted by molar-refractivity contribution is 7.98. The van der Waals surface area contributed by atoms with Gasteiger partial charge in [-0.15, -0.1) is 0 Å². The number of aromatic nitrogens is 5. The van der Waals surface area contributed by atoms with Crippen LogP contribution in [0.5, 0.6) is 0 Å². The summed E-state index contributed by atoms with van der Waals surface area (Å²) in [7, 11) is -9.38. The van der Waals surface area contributed by atoms with Crippen molar-refractivity contribution in [2.24, 2.45) is 0 Å². The Hall–Kier alpha value is -5.17. The standard InChI is InChI=1S/C16H20N2O2S.C14H15FN2O2S.C12H16N4OS/c1-11(2)18-21(19,20)16-7-5-14(6-8-16)15-9-12(3)17-13(4)10-15;1-10(2)17-20(18,19)13-5-3-11(4-6-13)12-7-8-16-14(15)9-12;1-10(2)15-18(3,17)12-6-4-11(5-7-12)16-9-13-8-14-16/h5-11,18H,1-4H3;3-10,17H,1-2H3;4-10H,3H2,1-2H3,(H,15,17). The quantitative estimate of drug-likeness (QED) is 0.0874. The molecule has 0 radical (unpaired) electrons. The Balaban J connectivity index is 0.000000196. The minimum Gasteiger partial charge on any atom is -0.258 e. The Labute approximate surface area is 347 Å². The largest absolute Gasteiger partial charge is 0.258 e. The van der Waals surface area contributed by atoms with Crippen LogP contribution in [0, 0.1) is 19.8 Å². The Morgan fingerprint density at radius 3 is 1.47 bits per heavy atom. The van der Waals surface area contributed by atoms with E-state index in [0.29, 0.717) is 10.5 Å². The van der Waals surface area contributed by atoms with Gasteiger partial charge < -0.3 is 0 Å². The summed E-state index contributed by atoms with van der Waals surface area (Å²) in [6, 6.07) is 27.2. The maximum atomic E-state index is 13.0. The van der Waals surface area contributed by atoms with E-state index >= 15 is 0 Å². The lowest BCUT2D eigenvalue weighted by Crippen LogP contribution is -2.30. The lowest BCUT2D eigenvalue weighted by Gasteiger charge is -2.14. The van der Waals surface area contributed by atoms with Gasteiger partial charge in [-0.2, -0.15) is 9.49 Å². The molecule has 0 aliphatic heterocycles. The highest BCUT2D eigenvalue weighted by Gasteiger charge is 2.16. The highest BCUT2D eigenvalue weighted by atomic mass is 32.2. The van der Waals surface area contributed by atoms with Gasteiger partial charge in [0.2, 0.25) is 26.0 Å². The van der Waals surface area contributed by atoms with Crippen LogP contribution in [0.1, 0.15) is 52.9 Å². The van der Waals surface area contributed by atoms with Crippen LogP contribution in [0.4, 0.5) is 4.39 Å². The predicted molar refractivity (Wildman–Crippen MR) is 233 cm³/mol. The molecule has 0 spiro atoms. The third kappa shape index (κ3) is 14.0. The summed E-state index contributed by atoms with van der Waals surface area (Å²) < 4.78 is 83.2. The van der Waals surface area contributed by atoms with Crippen LogP contribution in [-0.4, -0.2) is 69.8 Å². The molecule has 0 aliphatic carbocycles. The zero-order valence-electron chi connectivity index (χ0n) is 34.3. The number of sulfonamides is 2. The van der Waals surface area contributed by atoms with E-state index in [2.05, 4.69) is 40.1 Å². The van der Waals surface area contributed by atoms with Crippen molar-refractivity contribution in [2.75, 3.05) is 0 Å². The fraction of sp³-hybridized carbons (Fsp3) is 0.262. The molecule has 3 aromatic carbocycles. The summed E-state index contributed by atoms with van der Waals surface area (Å²) in [5.74, 6) is 3.19. The molecule has 6 aromatic rings. The number of hydrogen-bond acceptors (Lipinski definition) is 9. The van der Waals surface area contributed by atoms with Crippen LogP contribution >= 0.6 is 0 Å². The lowest BCUT2D eigenvalue weighted by molar-refractivity contribution is 0.568. The van der Waals surface area contributed by atoms with Crippen LogP contribution in [0.2, 0.25) is 0 Å². The molecular weight excluding hydrogens is 812 g/mol. The second kappa shape index (κ2) is 20.2. The average molecular weight is 863 g/mol. The summed E-state index contributed by atoms with van der Waals surface area (Å²) in [4.78, 5) is 12.9. The molecule has 0 amide bonds. The molecule has 0 aliphatic rings. The average Bonchev–Trinajstić information content (AvgIpc) is 3.69. The summed E-state index contributed by atoms with van der Waals surface area (Å²) in [6.45, 7) is 14.9. The third-order valence-electron chi connectivity index (χ3n) is 7.91. The van der Waals surface area contributed by atoms with Crippen molar-refractivity contribution in [2.45, 2.75) is 88.2 Å². The normalized spacial score (nSPS) is 12.7. The van der Waals surface area contributed by atoms with Crippen molar-refractivity contribution in [3.8, 4) is 27.9 Å². The van der Waals surface area contributed by atoms with E-state index in [1.807, 2.05) is 64.1 Å². The number of hydrogen-bond donors (Lipinski definition) is 3. The third-order valence-corrected chi connectivity index (χ3v) is 13.1.